The number of ether oxygens (including phenoxy) is 1. The van der Waals surface area contributed by atoms with Crippen molar-refractivity contribution >= 4 is 11.4 Å². The Morgan fingerprint density at radius 3 is 1.66 bits per heavy atom. The second-order valence-corrected chi connectivity index (χ2v) is 10.8. The molecule has 0 aliphatic rings. The number of benzene rings is 2. The first-order valence-electron chi connectivity index (χ1n) is 14.1. The fraction of sp³-hybridized carbons (Fsp3) is 0.625. The minimum atomic E-state index is 0.368. The van der Waals surface area contributed by atoms with Crippen LogP contribution in [-0.2, 0) is 0 Å². The lowest BCUT2D eigenvalue weighted by Crippen LogP contribution is -2.06. The number of unbranched alkanes of at least 4 members (excludes halogenated alkanes) is 9. The molecule has 35 heavy (non-hydrogen) atoms. The van der Waals surface area contributed by atoms with Gasteiger partial charge in [0.25, 0.3) is 0 Å². The maximum absolute atomic E-state index is 6.44. The van der Waals surface area contributed by atoms with Crippen LogP contribution in [0.5, 0.6) is 5.75 Å². The molecule has 0 bridgehead atoms. The second kappa shape index (κ2) is 15.8. The van der Waals surface area contributed by atoms with Crippen LogP contribution >= 0.6 is 0 Å². The lowest BCUT2D eigenvalue weighted by molar-refractivity contribution is 0.296. The van der Waals surface area contributed by atoms with E-state index >= 15 is 0 Å². The molecule has 3 heteroatoms. The molecule has 3 nitrogen and oxygen atoms in total. The number of rotatable bonds is 16. The lowest BCUT2D eigenvalue weighted by Gasteiger charge is -2.21. The molecule has 2 aromatic carbocycles. The number of hydrogen-bond donors (Lipinski definition) is 0. The normalized spacial score (nSPS) is 11.8. The number of azo groups is 1. The molecule has 0 aromatic heterocycles. The first-order chi connectivity index (χ1) is 16.8. The predicted octanol–water partition coefficient (Wildman–Crippen LogP) is 11.3. The topological polar surface area (TPSA) is 34.0 Å². The third-order valence-electron chi connectivity index (χ3n) is 6.89. The molecular weight excluding hydrogens is 428 g/mol. The number of hydrogen-bond acceptors (Lipinski definition) is 3. The zero-order chi connectivity index (χ0) is 25.6. The second-order valence-electron chi connectivity index (χ2n) is 10.8. The molecule has 0 fully saturated rings. The molecule has 194 valence electrons. The quantitative estimate of drug-likeness (QED) is 0.174. The van der Waals surface area contributed by atoms with Gasteiger partial charge in [-0.05, 0) is 78.6 Å². The standard InChI is InChI=1S/C32H50N2O/c1-8-9-10-11-12-13-14-15-16-17-20-35-32-30(24(2)3)22-29(23-31(32)25(4)5)34-33-28-19-18-26(6)27(7)21-28/h18-19,21-25H,8-17,20H2,1-7H3/b34-33+. The average molecular weight is 479 g/mol. The summed E-state index contributed by atoms with van der Waals surface area (Å²) in [7, 11) is 0. The molecule has 0 spiro atoms. The van der Waals surface area contributed by atoms with Crippen molar-refractivity contribution in [2.75, 3.05) is 6.61 Å². The van der Waals surface area contributed by atoms with Crippen LogP contribution in [0.4, 0.5) is 11.4 Å². The minimum absolute atomic E-state index is 0.368. The van der Waals surface area contributed by atoms with Crippen LogP contribution in [0.25, 0.3) is 0 Å². The predicted molar refractivity (Wildman–Crippen MR) is 152 cm³/mol. The number of aryl methyl sites for hydroxylation is 2. The van der Waals surface area contributed by atoms with E-state index < -0.39 is 0 Å². The SMILES string of the molecule is CCCCCCCCCCCCOc1c(C(C)C)cc(/N=N/c2ccc(C)c(C)c2)cc1C(C)C. The Hall–Kier alpha value is -2.16. The zero-order valence-electron chi connectivity index (χ0n) is 23.6. The first-order valence-corrected chi connectivity index (χ1v) is 14.1. The van der Waals surface area contributed by atoms with Gasteiger partial charge in [-0.3, -0.25) is 0 Å². The summed E-state index contributed by atoms with van der Waals surface area (Å²) in [5, 5.41) is 9.13. The molecule has 0 saturated heterocycles. The Morgan fingerprint density at radius 2 is 1.14 bits per heavy atom. The van der Waals surface area contributed by atoms with Crippen LogP contribution in [0.3, 0.4) is 0 Å². The lowest BCUT2D eigenvalue weighted by atomic mass is 9.93. The van der Waals surface area contributed by atoms with E-state index in [-0.39, 0.29) is 0 Å². The van der Waals surface area contributed by atoms with Crippen molar-refractivity contribution in [3.63, 3.8) is 0 Å². The van der Waals surface area contributed by atoms with Crippen molar-refractivity contribution in [2.24, 2.45) is 10.2 Å². The third kappa shape index (κ3) is 10.2. The van der Waals surface area contributed by atoms with Crippen molar-refractivity contribution in [1.82, 2.24) is 0 Å². The Kier molecular flexibility index (Phi) is 13.1. The Bertz CT molecular complexity index is 885. The third-order valence-corrected chi connectivity index (χ3v) is 6.89. The molecule has 0 heterocycles. The van der Waals surface area contributed by atoms with Crippen LogP contribution < -0.4 is 4.74 Å². The highest BCUT2D eigenvalue weighted by atomic mass is 16.5. The van der Waals surface area contributed by atoms with E-state index in [9.17, 15) is 0 Å². The van der Waals surface area contributed by atoms with Gasteiger partial charge in [-0.15, -0.1) is 0 Å². The maximum Gasteiger partial charge on any atom is 0.126 e. The minimum Gasteiger partial charge on any atom is -0.493 e. The van der Waals surface area contributed by atoms with E-state index in [0.717, 1.165) is 30.2 Å². The first kappa shape index (κ1) is 29.1. The molecule has 0 amide bonds. The fourth-order valence-corrected chi connectivity index (χ4v) is 4.41. The van der Waals surface area contributed by atoms with Gasteiger partial charge in [0.05, 0.1) is 18.0 Å². The van der Waals surface area contributed by atoms with Gasteiger partial charge in [0.15, 0.2) is 0 Å². The van der Waals surface area contributed by atoms with Crippen LogP contribution in [0, 0.1) is 13.8 Å². The molecule has 2 aromatic rings. The molecule has 0 aliphatic carbocycles. The van der Waals surface area contributed by atoms with Crippen molar-refractivity contribution in [3.8, 4) is 5.75 Å². The molecule has 0 unspecified atom stereocenters. The zero-order valence-corrected chi connectivity index (χ0v) is 23.6. The summed E-state index contributed by atoms with van der Waals surface area (Å²) in [6.07, 6.45) is 13.4. The summed E-state index contributed by atoms with van der Waals surface area (Å²) < 4.78 is 6.44. The largest absolute Gasteiger partial charge is 0.493 e. The van der Waals surface area contributed by atoms with E-state index in [4.69, 9.17) is 4.74 Å². The van der Waals surface area contributed by atoms with Crippen molar-refractivity contribution in [2.45, 2.75) is 125 Å². The van der Waals surface area contributed by atoms with Gasteiger partial charge in [0.1, 0.15) is 5.75 Å². The van der Waals surface area contributed by atoms with E-state index in [1.165, 1.54) is 80.0 Å². The molecule has 0 N–H and O–H groups in total. The van der Waals surface area contributed by atoms with Crippen LogP contribution in [0.2, 0.25) is 0 Å². The van der Waals surface area contributed by atoms with Crippen molar-refractivity contribution in [1.29, 1.82) is 0 Å². The summed E-state index contributed by atoms with van der Waals surface area (Å²) in [6, 6.07) is 10.6. The maximum atomic E-state index is 6.44. The molecule has 0 atom stereocenters. The van der Waals surface area contributed by atoms with Crippen LogP contribution in [0.15, 0.2) is 40.6 Å². The van der Waals surface area contributed by atoms with Crippen molar-refractivity contribution in [3.05, 3.63) is 52.6 Å². The molecule has 0 radical (unpaired) electrons. The van der Waals surface area contributed by atoms with Crippen LogP contribution in [-0.4, -0.2) is 6.61 Å². The summed E-state index contributed by atoms with van der Waals surface area (Å²) in [5.74, 6) is 1.80. The fourth-order valence-electron chi connectivity index (χ4n) is 4.41. The van der Waals surface area contributed by atoms with E-state index in [2.05, 4.69) is 83.0 Å². The van der Waals surface area contributed by atoms with Crippen molar-refractivity contribution < 1.29 is 4.74 Å². The van der Waals surface area contributed by atoms with Gasteiger partial charge >= 0.3 is 0 Å². The molecular formula is C32H50N2O. The Morgan fingerprint density at radius 1 is 0.629 bits per heavy atom. The average Bonchev–Trinajstić information content (AvgIpc) is 2.83. The van der Waals surface area contributed by atoms with Gasteiger partial charge < -0.3 is 4.74 Å². The number of nitrogens with zero attached hydrogens (tertiary/aromatic N) is 2. The Labute approximate surface area is 215 Å². The van der Waals surface area contributed by atoms with Gasteiger partial charge in [0.2, 0.25) is 0 Å². The summed E-state index contributed by atoms with van der Waals surface area (Å²) in [6.45, 7) is 16.2. The highest BCUT2D eigenvalue weighted by molar-refractivity contribution is 5.55. The van der Waals surface area contributed by atoms with Crippen LogP contribution in [0.1, 0.15) is 133 Å². The van der Waals surface area contributed by atoms with Gasteiger partial charge in [-0.1, -0.05) is 98.5 Å². The van der Waals surface area contributed by atoms with Gasteiger partial charge in [-0.2, -0.15) is 10.2 Å². The van der Waals surface area contributed by atoms with Gasteiger partial charge in [0, 0.05) is 0 Å². The van der Waals surface area contributed by atoms with Gasteiger partial charge in [-0.25, -0.2) is 0 Å². The molecule has 0 aliphatic heterocycles. The van der Waals surface area contributed by atoms with E-state index in [0.29, 0.717) is 11.8 Å². The summed E-state index contributed by atoms with van der Waals surface area (Å²) >= 11 is 0. The van der Waals surface area contributed by atoms with E-state index in [1.54, 1.807) is 0 Å². The van der Waals surface area contributed by atoms with E-state index in [1.807, 2.05) is 6.07 Å². The summed E-state index contributed by atoms with van der Waals surface area (Å²) in [4.78, 5) is 0. The molecule has 0 saturated carbocycles. The molecule has 2 rings (SSSR count). The smallest absolute Gasteiger partial charge is 0.126 e. The summed E-state index contributed by atoms with van der Waals surface area (Å²) in [5.41, 5.74) is 6.78. The monoisotopic (exact) mass is 478 g/mol. The Balaban J connectivity index is 1.97. The highest BCUT2D eigenvalue weighted by Crippen LogP contribution is 2.39. The highest BCUT2D eigenvalue weighted by Gasteiger charge is 2.17.